The molecule has 0 saturated carbocycles. The highest BCUT2D eigenvalue weighted by Gasteiger charge is 2.16. The molecular weight excluding hydrogens is 434 g/mol. The highest BCUT2D eigenvalue weighted by molar-refractivity contribution is 6.30. The lowest BCUT2D eigenvalue weighted by Gasteiger charge is -2.10. The summed E-state index contributed by atoms with van der Waals surface area (Å²) in [5, 5.41) is 8.31. The second-order valence-electron chi connectivity index (χ2n) is 8.03. The Hall–Kier alpha value is -3.57. The highest BCUT2D eigenvalue weighted by atomic mass is 35.5. The number of amides is 1. The highest BCUT2D eigenvalue weighted by Crippen LogP contribution is 2.23. The molecule has 0 aliphatic heterocycles. The van der Waals surface area contributed by atoms with Gasteiger partial charge >= 0.3 is 0 Å². The van der Waals surface area contributed by atoms with Gasteiger partial charge in [0.05, 0.1) is 23.6 Å². The minimum absolute atomic E-state index is 0.168. The zero-order chi connectivity index (χ0) is 23.4. The number of rotatable bonds is 7. The molecule has 0 unspecified atom stereocenters. The van der Waals surface area contributed by atoms with Crippen LogP contribution >= 0.6 is 11.6 Å². The Morgan fingerprint density at radius 3 is 2.48 bits per heavy atom. The number of benzene rings is 3. The fourth-order valence-electron chi connectivity index (χ4n) is 3.64. The van der Waals surface area contributed by atoms with Crippen LogP contribution in [0.15, 0.2) is 72.8 Å². The van der Waals surface area contributed by atoms with E-state index in [0.29, 0.717) is 29.5 Å². The quantitative estimate of drug-likeness (QED) is 0.350. The van der Waals surface area contributed by atoms with Gasteiger partial charge in [0.15, 0.2) is 0 Å². The summed E-state index contributed by atoms with van der Waals surface area (Å²) in [5.74, 6) is 0.539. The van der Waals surface area contributed by atoms with Gasteiger partial charge in [-0.3, -0.25) is 9.48 Å². The van der Waals surface area contributed by atoms with Crippen molar-refractivity contribution in [1.82, 2.24) is 9.78 Å². The summed E-state index contributed by atoms with van der Waals surface area (Å²) in [6.45, 7) is 7.04. The predicted molar refractivity (Wildman–Crippen MR) is 132 cm³/mol. The Morgan fingerprint density at radius 2 is 1.76 bits per heavy atom. The molecule has 0 aliphatic carbocycles. The second kappa shape index (κ2) is 9.92. The third kappa shape index (κ3) is 5.44. The molecule has 1 heterocycles. The standard InChI is InChI=1S/C27H26ClN3O2/c1-18-7-4-5-8-23(18)16-31-20(3)26(19(2)30-31)29-27(32)22-13-11-21(12-14-22)17-33-25-10-6-9-24(28)15-25/h4-15H,16-17H2,1-3H3,(H,29,32). The topological polar surface area (TPSA) is 56.2 Å². The van der Waals surface area contributed by atoms with E-state index in [2.05, 4.69) is 29.5 Å². The number of carbonyl (C=O) groups excluding carboxylic acids is 1. The van der Waals surface area contributed by atoms with Crippen molar-refractivity contribution in [2.75, 3.05) is 5.32 Å². The fraction of sp³-hybridized carbons (Fsp3) is 0.185. The molecule has 0 aliphatic rings. The molecule has 4 aromatic rings. The normalized spacial score (nSPS) is 10.8. The van der Waals surface area contributed by atoms with Gasteiger partial charge in [0.1, 0.15) is 12.4 Å². The lowest BCUT2D eigenvalue weighted by Crippen LogP contribution is -2.13. The number of carbonyl (C=O) groups is 1. The third-order valence-corrected chi connectivity index (χ3v) is 5.85. The monoisotopic (exact) mass is 459 g/mol. The van der Waals surface area contributed by atoms with Crippen LogP contribution in [0.25, 0.3) is 0 Å². The number of aryl methyl sites for hydroxylation is 2. The smallest absolute Gasteiger partial charge is 0.255 e. The molecule has 3 aromatic carbocycles. The number of aromatic nitrogens is 2. The summed E-state index contributed by atoms with van der Waals surface area (Å²) in [4.78, 5) is 12.9. The van der Waals surface area contributed by atoms with E-state index >= 15 is 0 Å². The third-order valence-electron chi connectivity index (χ3n) is 5.62. The molecule has 0 atom stereocenters. The minimum Gasteiger partial charge on any atom is -0.489 e. The summed E-state index contributed by atoms with van der Waals surface area (Å²) >= 11 is 5.99. The van der Waals surface area contributed by atoms with Crippen LogP contribution in [0, 0.1) is 20.8 Å². The molecule has 6 heteroatoms. The molecule has 0 bridgehead atoms. The van der Waals surface area contributed by atoms with Crippen LogP contribution in [0.5, 0.6) is 5.75 Å². The lowest BCUT2D eigenvalue weighted by atomic mass is 10.1. The van der Waals surface area contributed by atoms with Crippen LogP contribution in [0.2, 0.25) is 5.02 Å². The van der Waals surface area contributed by atoms with Gasteiger partial charge in [0, 0.05) is 10.6 Å². The maximum absolute atomic E-state index is 12.9. The van der Waals surface area contributed by atoms with E-state index in [4.69, 9.17) is 16.3 Å². The van der Waals surface area contributed by atoms with Crippen molar-refractivity contribution < 1.29 is 9.53 Å². The first-order valence-corrected chi connectivity index (χ1v) is 11.2. The first kappa shape index (κ1) is 22.6. The van der Waals surface area contributed by atoms with E-state index in [9.17, 15) is 4.79 Å². The van der Waals surface area contributed by atoms with Gasteiger partial charge < -0.3 is 10.1 Å². The largest absolute Gasteiger partial charge is 0.489 e. The Bertz CT molecular complexity index is 1280. The molecule has 0 saturated heterocycles. The van der Waals surface area contributed by atoms with E-state index in [0.717, 1.165) is 22.6 Å². The van der Waals surface area contributed by atoms with Crippen LogP contribution in [0.3, 0.4) is 0 Å². The van der Waals surface area contributed by atoms with Gasteiger partial charge in [-0.15, -0.1) is 0 Å². The van der Waals surface area contributed by atoms with Crippen molar-refractivity contribution in [1.29, 1.82) is 0 Å². The van der Waals surface area contributed by atoms with E-state index in [-0.39, 0.29) is 5.91 Å². The van der Waals surface area contributed by atoms with Crippen molar-refractivity contribution in [2.24, 2.45) is 0 Å². The number of hydrogen-bond acceptors (Lipinski definition) is 3. The molecule has 33 heavy (non-hydrogen) atoms. The molecule has 168 valence electrons. The van der Waals surface area contributed by atoms with Crippen molar-refractivity contribution in [3.05, 3.63) is 111 Å². The van der Waals surface area contributed by atoms with Gasteiger partial charge in [-0.05, 0) is 67.8 Å². The molecule has 1 amide bonds. The first-order valence-electron chi connectivity index (χ1n) is 10.8. The first-order chi connectivity index (χ1) is 15.9. The van der Waals surface area contributed by atoms with Crippen molar-refractivity contribution in [2.45, 2.75) is 33.9 Å². The fourth-order valence-corrected chi connectivity index (χ4v) is 3.82. The minimum atomic E-state index is -0.168. The van der Waals surface area contributed by atoms with Gasteiger partial charge in [0.25, 0.3) is 5.91 Å². The lowest BCUT2D eigenvalue weighted by molar-refractivity contribution is 0.102. The van der Waals surface area contributed by atoms with Crippen molar-refractivity contribution >= 4 is 23.2 Å². The SMILES string of the molecule is Cc1ccccc1Cn1nc(C)c(NC(=O)c2ccc(COc3cccc(Cl)c3)cc2)c1C. The molecule has 0 radical (unpaired) electrons. The van der Waals surface area contributed by atoms with Crippen LogP contribution in [-0.4, -0.2) is 15.7 Å². The number of halogens is 1. The zero-order valence-corrected chi connectivity index (χ0v) is 19.7. The van der Waals surface area contributed by atoms with E-state index < -0.39 is 0 Å². The summed E-state index contributed by atoms with van der Waals surface area (Å²) in [5.41, 5.74) is 6.43. The summed E-state index contributed by atoms with van der Waals surface area (Å²) in [7, 11) is 0. The van der Waals surface area contributed by atoms with Gasteiger partial charge in [-0.25, -0.2) is 0 Å². The number of hydrogen-bond donors (Lipinski definition) is 1. The van der Waals surface area contributed by atoms with Crippen LogP contribution in [-0.2, 0) is 13.2 Å². The number of ether oxygens (including phenoxy) is 1. The average molecular weight is 460 g/mol. The maximum Gasteiger partial charge on any atom is 0.255 e. The average Bonchev–Trinajstić information content (AvgIpc) is 3.07. The Morgan fingerprint density at radius 1 is 1.00 bits per heavy atom. The Balaban J connectivity index is 1.42. The Kier molecular flexibility index (Phi) is 6.80. The van der Waals surface area contributed by atoms with Crippen molar-refractivity contribution in [3.8, 4) is 5.75 Å². The molecule has 0 fully saturated rings. The molecule has 5 nitrogen and oxygen atoms in total. The van der Waals surface area contributed by atoms with E-state index in [1.54, 1.807) is 24.3 Å². The van der Waals surface area contributed by atoms with Crippen molar-refractivity contribution in [3.63, 3.8) is 0 Å². The maximum atomic E-state index is 12.9. The summed E-state index contributed by atoms with van der Waals surface area (Å²) in [6.07, 6.45) is 0. The van der Waals surface area contributed by atoms with Crippen LogP contribution in [0.1, 0.15) is 38.4 Å². The number of nitrogens with zero attached hydrogens (tertiary/aromatic N) is 2. The van der Waals surface area contributed by atoms with Crippen LogP contribution < -0.4 is 10.1 Å². The number of anilines is 1. The molecule has 4 rings (SSSR count). The number of nitrogens with one attached hydrogen (secondary N) is 1. The molecular formula is C27H26ClN3O2. The van der Waals surface area contributed by atoms with Gasteiger partial charge in [-0.2, -0.15) is 5.10 Å². The molecule has 1 N–H and O–H groups in total. The summed E-state index contributed by atoms with van der Waals surface area (Å²) in [6, 6.07) is 22.9. The van der Waals surface area contributed by atoms with Gasteiger partial charge in [0.2, 0.25) is 0 Å². The van der Waals surface area contributed by atoms with Crippen LogP contribution in [0.4, 0.5) is 5.69 Å². The predicted octanol–water partition coefficient (Wildman–Crippen LogP) is 6.34. The zero-order valence-electron chi connectivity index (χ0n) is 18.9. The summed E-state index contributed by atoms with van der Waals surface area (Å²) < 4.78 is 7.70. The van der Waals surface area contributed by atoms with E-state index in [1.165, 1.54) is 11.1 Å². The second-order valence-corrected chi connectivity index (χ2v) is 8.46. The molecule has 1 aromatic heterocycles. The Labute approximate surface area is 199 Å². The van der Waals surface area contributed by atoms with Gasteiger partial charge in [-0.1, -0.05) is 54.1 Å². The van der Waals surface area contributed by atoms with E-state index in [1.807, 2.05) is 54.9 Å². The molecule has 0 spiro atoms.